The number of benzene rings is 1. The first-order chi connectivity index (χ1) is 8.07. The summed E-state index contributed by atoms with van der Waals surface area (Å²) in [6.07, 6.45) is 0.104. The number of anilines is 1. The molecule has 1 aromatic rings. The van der Waals surface area contributed by atoms with Gasteiger partial charge in [0.15, 0.2) is 0 Å². The van der Waals surface area contributed by atoms with Crippen molar-refractivity contribution < 1.29 is 30.7 Å². The van der Waals surface area contributed by atoms with E-state index in [0.29, 0.717) is 0 Å². The minimum atomic E-state index is -4.64. The Morgan fingerprint density at radius 1 is 1.06 bits per heavy atom. The zero-order valence-electron chi connectivity index (χ0n) is 8.98. The number of hydrogen-bond donors (Lipinski definition) is 3. The highest BCUT2D eigenvalue weighted by atomic mass is 32.2. The zero-order chi connectivity index (χ0) is 14.1. The van der Waals surface area contributed by atoms with Gasteiger partial charge in [-0.25, -0.2) is 0 Å². The molecule has 0 saturated carbocycles. The number of carbonyl (C=O) groups is 1. The standard InChI is InChI=1S/C8H9NO7S2/c1-5-2-8(18(14,15)16)6(9-4-10)3-7(5)17(11,12)13/h2-4H,1H3,(H,9,10)(H,11,12,13)(H,14,15,16). The van der Waals surface area contributed by atoms with E-state index >= 15 is 0 Å². The average molecular weight is 295 g/mol. The Labute approximate surface area is 103 Å². The molecule has 0 unspecified atom stereocenters. The number of carbonyl (C=O) groups excluding carboxylic acids is 1. The minimum Gasteiger partial charge on any atom is -0.327 e. The van der Waals surface area contributed by atoms with Gasteiger partial charge in [0.25, 0.3) is 20.2 Å². The molecule has 0 radical (unpaired) electrons. The summed E-state index contributed by atoms with van der Waals surface area (Å²) in [5.74, 6) is 0. The van der Waals surface area contributed by atoms with E-state index in [4.69, 9.17) is 9.11 Å². The highest BCUT2D eigenvalue weighted by Crippen LogP contribution is 2.27. The SMILES string of the molecule is Cc1cc(S(=O)(=O)O)c(NC=O)cc1S(=O)(=O)O. The molecule has 0 fully saturated rings. The van der Waals surface area contributed by atoms with Crippen molar-refractivity contribution in [3.05, 3.63) is 17.7 Å². The molecule has 0 aromatic heterocycles. The number of hydrogen-bond acceptors (Lipinski definition) is 5. The summed E-state index contributed by atoms with van der Waals surface area (Å²) in [5, 5.41) is 1.93. The van der Waals surface area contributed by atoms with Gasteiger partial charge in [-0.05, 0) is 24.6 Å². The van der Waals surface area contributed by atoms with Gasteiger partial charge < -0.3 is 5.32 Å². The van der Waals surface area contributed by atoms with Crippen LogP contribution >= 0.6 is 0 Å². The molecule has 10 heteroatoms. The summed E-state index contributed by atoms with van der Waals surface area (Å²) in [6, 6.07) is 1.56. The zero-order valence-corrected chi connectivity index (χ0v) is 10.6. The van der Waals surface area contributed by atoms with Crippen LogP contribution in [0.5, 0.6) is 0 Å². The van der Waals surface area contributed by atoms with Gasteiger partial charge >= 0.3 is 0 Å². The maximum Gasteiger partial charge on any atom is 0.296 e. The Balaban J connectivity index is 3.70. The van der Waals surface area contributed by atoms with E-state index in [1.165, 1.54) is 6.92 Å². The van der Waals surface area contributed by atoms with Crippen molar-refractivity contribution in [1.82, 2.24) is 0 Å². The third-order valence-electron chi connectivity index (χ3n) is 2.05. The van der Waals surface area contributed by atoms with Crippen LogP contribution in [0.25, 0.3) is 0 Å². The molecule has 0 saturated heterocycles. The lowest BCUT2D eigenvalue weighted by molar-refractivity contribution is -0.105. The molecule has 0 bridgehead atoms. The topological polar surface area (TPSA) is 138 Å². The summed E-state index contributed by atoms with van der Waals surface area (Å²) < 4.78 is 61.9. The number of nitrogens with one attached hydrogen (secondary N) is 1. The fourth-order valence-electron chi connectivity index (χ4n) is 1.33. The maximum absolute atomic E-state index is 11.0. The molecule has 1 aromatic carbocycles. The largest absolute Gasteiger partial charge is 0.327 e. The van der Waals surface area contributed by atoms with E-state index in [-0.39, 0.29) is 12.0 Å². The van der Waals surface area contributed by atoms with E-state index < -0.39 is 35.7 Å². The van der Waals surface area contributed by atoms with Crippen molar-refractivity contribution in [3.8, 4) is 0 Å². The van der Waals surface area contributed by atoms with Crippen molar-refractivity contribution in [2.24, 2.45) is 0 Å². The van der Waals surface area contributed by atoms with Crippen LogP contribution in [0, 0.1) is 6.92 Å². The Kier molecular flexibility index (Phi) is 3.76. The molecule has 1 rings (SSSR count). The predicted octanol–water partition coefficient (Wildman–Crippen LogP) is 0.0567. The normalized spacial score (nSPS) is 12.2. The van der Waals surface area contributed by atoms with Gasteiger partial charge in [-0.1, -0.05) is 0 Å². The molecule has 0 aliphatic carbocycles. The van der Waals surface area contributed by atoms with Gasteiger partial charge in [-0.2, -0.15) is 16.8 Å². The van der Waals surface area contributed by atoms with Crippen molar-refractivity contribution in [2.45, 2.75) is 16.7 Å². The van der Waals surface area contributed by atoms with Crippen molar-refractivity contribution in [2.75, 3.05) is 5.32 Å². The molecular weight excluding hydrogens is 286 g/mol. The van der Waals surface area contributed by atoms with Gasteiger partial charge in [-0.15, -0.1) is 0 Å². The Hall–Kier alpha value is -1.49. The molecule has 0 spiro atoms. The minimum absolute atomic E-state index is 0.0958. The first-order valence-electron chi connectivity index (χ1n) is 4.37. The van der Waals surface area contributed by atoms with Crippen LogP contribution < -0.4 is 5.32 Å². The maximum atomic E-state index is 11.0. The number of rotatable bonds is 4. The average Bonchev–Trinajstić information content (AvgIpc) is 2.17. The molecule has 0 aliphatic heterocycles. The second-order valence-corrected chi connectivity index (χ2v) is 6.11. The molecule has 0 aliphatic rings. The monoisotopic (exact) mass is 295 g/mol. The Bertz CT molecular complexity index is 690. The summed E-state index contributed by atoms with van der Waals surface area (Å²) in [4.78, 5) is 9.06. The lowest BCUT2D eigenvalue weighted by atomic mass is 10.2. The van der Waals surface area contributed by atoms with Crippen LogP contribution in [0.2, 0.25) is 0 Å². The summed E-state index contributed by atoms with van der Waals surface area (Å²) in [5.41, 5.74) is -0.549. The summed E-state index contributed by atoms with van der Waals surface area (Å²) in [7, 11) is -9.21. The molecule has 0 atom stereocenters. The molecule has 3 N–H and O–H groups in total. The van der Waals surface area contributed by atoms with Gasteiger partial charge in [0.1, 0.15) is 4.90 Å². The first kappa shape index (κ1) is 14.6. The highest BCUT2D eigenvalue weighted by Gasteiger charge is 2.22. The Morgan fingerprint density at radius 2 is 1.56 bits per heavy atom. The van der Waals surface area contributed by atoms with Crippen LogP contribution in [0.15, 0.2) is 21.9 Å². The van der Waals surface area contributed by atoms with Gasteiger partial charge in [-0.3, -0.25) is 13.9 Å². The van der Waals surface area contributed by atoms with E-state index in [1.54, 1.807) is 0 Å². The van der Waals surface area contributed by atoms with E-state index in [0.717, 1.165) is 12.1 Å². The lowest BCUT2D eigenvalue weighted by Crippen LogP contribution is -2.09. The van der Waals surface area contributed by atoms with Crippen molar-refractivity contribution >= 4 is 32.3 Å². The third-order valence-corrected chi connectivity index (χ3v) is 3.94. The van der Waals surface area contributed by atoms with Gasteiger partial charge in [0.05, 0.1) is 10.6 Å². The highest BCUT2D eigenvalue weighted by molar-refractivity contribution is 7.86. The molecule has 1 amide bonds. The van der Waals surface area contributed by atoms with Crippen molar-refractivity contribution in [1.29, 1.82) is 0 Å². The number of aryl methyl sites for hydroxylation is 1. The van der Waals surface area contributed by atoms with Crippen molar-refractivity contribution in [3.63, 3.8) is 0 Å². The lowest BCUT2D eigenvalue weighted by Gasteiger charge is -2.10. The second kappa shape index (κ2) is 4.65. The molecule has 0 heterocycles. The van der Waals surface area contributed by atoms with E-state index in [9.17, 15) is 21.6 Å². The Morgan fingerprint density at radius 3 is 1.94 bits per heavy atom. The second-order valence-electron chi connectivity index (χ2n) is 3.33. The smallest absolute Gasteiger partial charge is 0.296 e. The van der Waals surface area contributed by atoms with Crippen LogP contribution in [0.3, 0.4) is 0 Å². The van der Waals surface area contributed by atoms with Crippen LogP contribution in [0.4, 0.5) is 5.69 Å². The first-order valence-corrected chi connectivity index (χ1v) is 7.25. The third kappa shape index (κ3) is 3.04. The van der Waals surface area contributed by atoms with E-state index in [2.05, 4.69) is 0 Å². The van der Waals surface area contributed by atoms with Gasteiger partial charge in [0, 0.05) is 0 Å². The van der Waals surface area contributed by atoms with Crippen LogP contribution in [0.1, 0.15) is 5.56 Å². The van der Waals surface area contributed by atoms with Crippen LogP contribution in [-0.4, -0.2) is 32.4 Å². The van der Waals surface area contributed by atoms with E-state index in [1.807, 2.05) is 5.32 Å². The predicted molar refractivity (Wildman–Crippen MR) is 60.5 cm³/mol. The molecule has 100 valence electrons. The van der Waals surface area contributed by atoms with Gasteiger partial charge in [0.2, 0.25) is 6.41 Å². The number of amides is 1. The summed E-state index contributed by atoms with van der Waals surface area (Å²) >= 11 is 0. The fourth-order valence-corrected chi connectivity index (χ4v) is 2.78. The quantitative estimate of drug-likeness (QED) is 0.527. The van der Waals surface area contributed by atoms with Crippen LogP contribution in [-0.2, 0) is 25.0 Å². The summed E-state index contributed by atoms with van der Waals surface area (Å²) in [6.45, 7) is 1.22. The fraction of sp³-hybridized carbons (Fsp3) is 0.125. The molecule has 18 heavy (non-hydrogen) atoms. The molecular formula is C8H9NO7S2. The molecule has 8 nitrogen and oxygen atoms in total.